The van der Waals surface area contributed by atoms with Gasteiger partial charge in [0, 0.05) is 5.92 Å². The van der Waals surface area contributed by atoms with E-state index in [1.165, 1.54) is 0 Å². The van der Waals surface area contributed by atoms with Crippen molar-refractivity contribution in [3.63, 3.8) is 0 Å². The average Bonchev–Trinajstić information content (AvgIpc) is 2.47. The van der Waals surface area contributed by atoms with Gasteiger partial charge in [0.25, 0.3) is 0 Å². The molecule has 8 heteroatoms. The van der Waals surface area contributed by atoms with Gasteiger partial charge in [-0.1, -0.05) is 6.42 Å². The second-order valence-corrected chi connectivity index (χ2v) is 3.62. The Balaban J connectivity index is 1.99. The van der Waals surface area contributed by atoms with Crippen molar-refractivity contribution >= 4 is 11.9 Å². The first-order valence-electron chi connectivity index (χ1n) is 4.77. The normalized spacial score (nSPS) is 16.9. The molecule has 0 atom stereocenters. The minimum absolute atomic E-state index is 0.118. The second-order valence-electron chi connectivity index (χ2n) is 3.62. The Bertz CT molecular complexity index is 396. The molecule has 88 valence electrons. The van der Waals surface area contributed by atoms with Crippen LogP contribution in [0.15, 0.2) is 0 Å². The van der Waals surface area contributed by atoms with E-state index in [9.17, 15) is 18.0 Å². The standard InChI is InChI=1S/C8H9F3N4O/c9-8(10,11)6-13-7(15-14-6)12-5(16)4-2-1-3-4/h4H,1-3H2,(H2,12,13,14,15,16). The van der Waals surface area contributed by atoms with Gasteiger partial charge in [0.05, 0.1) is 0 Å². The molecular weight excluding hydrogens is 225 g/mol. The van der Waals surface area contributed by atoms with E-state index < -0.39 is 12.0 Å². The molecule has 0 aliphatic heterocycles. The van der Waals surface area contributed by atoms with Crippen molar-refractivity contribution < 1.29 is 18.0 Å². The van der Waals surface area contributed by atoms with Crippen molar-refractivity contribution in [3.05, 3.63) is 5.82 Å². The highest BCUT2D eigenvalue weighted by molar-refractivity contribution is 5.91. The first-order chi connectivity index (χ1) is 7.47. The van der Waals surface area contributed by atoms with Crippen LogP contribution in [0.3, 0.4) is 0 Å². The highest BCUT2D eigenvalue weighted by Crippen LogP contribution is 2.28. The van der Waals surface area contributed by atoms with Gasteiger partial charge >= 0.3 is 6.18 Å². The first kappa shape index (κ1) is 10.9. The van der Waals surface area contributed by atoms with E-state index in [-0.39, 0.29) is 17.8 Å². The molecule has 1 fully saturated rings. The molecule has 1 aromatic rings. The Hall–Kier alpha value is -1.60. The Labute approximate surface area is 88.4 Å². The summed E-state index contributed by atoms with van der Waals surface area (Å²) in [5.41, 5.74) is 0. The zero-order valence-corrected chi connectivity index (χ0v) is 8.14. The lowest BCUT2D eigenvalue weighted by Crippen LogP contribution is -2.28. The molecule has 1 aliphatic carbocycles. The number of halogens is 3. The van der Waals surface area contributed by atoms with Crippen LogP contribution in [0.1, 0.15) is 25.1 Å². The van der Waals surface area contributed by atoms with E-state index in [1.54, 1.807) is 5.10 Å². The van der Waals surface area contributed by atoms with Crippen LogP contribution >= 0.6 is 0 Å². The number of alkyl halides is 3. The molecule has 2 rings (SSSR count). The molecule has 0 bridgehead atoms. The van der Waals surface area contributed by atoms with Crippen LogP contribution in [-0.4, -0.2) is 21.1 Å². The van der Waals surface area contributed by atoms with Crippen molar-refractivity contribution in [2.45, 2.75) is 25.4 Å². The fraction of sp³-hybridized carbons (Fsp3) is 0.625. The van der Waals surface area contributed by atoms with E-state index in [2.05, 4.69) is 15.4 Å². The van der Waals surface area contributed by atoms with Gasteiger partial charge < -0.3 is 0 Å². The monoisotopic (exact) mass is 234 g/mol. The molecule has 2 N–H and O–H groups in total. The lowest BCUT2D eigenvalue weighted by Gasteiger charge is -2.23. The molecule has 5 nitrogen and oxygen atoms in total. The van der Waals surface area contributed by atoms with Gasteiger partial charge in [0.15, 0.2) is 0 Å². The van der Waals surface area contributed by atoms with Crippen LogP contribution in [0.2, 0.25) is 0 Å². The van der Waals surface area contributed by atoms with Gasteiger partial charge in [-0.2, -0.15) is 18.2 Å². The van der Waals surface area contributed by atoms with E-state index in [1.807, 2.05) is 0 Å². The van der Waals surface area contributed by atoms with Crippen molar-refractivity contribution in [2.75, 3.05) is 5.32 Å². The number of aromatic nitrogens is 3. The molecule has 16 heavy (non-hydrogen) atoms. The summed E-state index contributed by atoms with van der Waals surface area (Å²) in [5, 5.41) is 7.24. The van der Waals surface area contributed by atoms with Crippen LogP contribution < -0.4 is 5.32 Å². The number of amides is 1. The average molecular weight is 234 g/mol. The first-order valence-corrected chi connectivity index (χ1v) is 4.77. The van der Waals surface area contributed by atoms with Crippen molar-refractivity contribution in [2.24, 2.45) is 5.92 Å². The van der Waals surface area contributed by atoms with Crippen LogP contribution in [0, 0.1) is 5.92 Å². The van der Waals surface area contributed by atoms with Gasteiger partial charge in [0.2, 0.25) is 17.7 Å². The SMILES string of the molecule is O=C(Nc1n[nH]c(C(F)(F)F)n1)C1CCC1. The molecule has 0 radical (unpaired) electrons. The summed E-state index contributed by atoms with van der Waals surface area (Å²) in [7, 11) is 0. The maximum absolute atomic E-state index is 12.1. The van der Waals surface area contributed by atoms with Gasteiger partial charge in [-0.3, -0.25) is 15.2 Å². The zero-order valence-electron chi connectivity index (χ0n) is 8.14. The van der Waals surface area contributed by atoms with Gasteiger partial charge in [-0.05, 0) is 12.8 Å². The minimum atomic E-state index is -4.58. The summed E-state index contributed by atoms with van der Waals surface area (Å²) < 4.78 is 36.4. The second kappa shape index (κ2) is 3.76. The molecule has 1 heterocycles. The third-order valence-corrected chi connectivity index (χ3v) is 2.46. The highest BCUT2D eigenvalue weighted by atomic mass is 19.4. The van der Waals surface area contributed by atoms with E-state index in [0.717, 1.165) is 19.3 Å². The van der Waals surface area contributed by atoms with E-state index in [0.29, 0.717) is 0 Å². The summed E-state index contributed by atoms with van der Waals surface area (Å²) in [6.45, 7) is 0. The minimum Gasteiger partial charge on any atom is -0.293 e. The molecule has 1 aromatic heterocycles. The Morgan fingerprint density at radius 1 is 1.44 bits per heavy atom. The predicted octanol–water partition coefficient (Wildman–Crippen LogP) is 1.56. The number of hydrogen-bond donors (Lipinski definition) is 2. The van der Waals surface area contributed by atoms with Crippen LogP contribution in [0.5, 0.6) is 0 Å². The lowest BCUT2D eigenvalue weighted by molar-refractivity contribution is -0.144. The highest BCUT2D eigenvalue weighted by Gasteiger charge is 2.35. The maximum atomic E-state index is 12.1. The van der Waals surface area contributed by atoms with Crippen LogP contribution in [0.25, 0.3) is 0 Å². The van der Waals surface area contributed by atoms with Gasteiger partial charge in [0.1, 0.15) is 0 Å². The van der Waals surface area contributed by atoms with E-state index in [4.69, 9.17) is 0 Å². The summed E-state index contributed by atoms with van der Waals surface area (Å²) >= 11 is 0. The lowest BCUT2D eigenvalue weighted by atomic mass is 9.85. The Morgan fingerprint density at radius 3 is 2.56 bits per heavy atom. The largest absolute Gasteiger partial charge is 0.451 e. The quantitative estimate of drug-likeness (QED) is 0.815. The number of nitrogens with one attached hydrogen (secondary N) is 2. The van der Waals surface area contributed by atoms with E-state index >= 15 is 0 Å². The summed E-state index contributed by atoms with van der Waals surface area (Å²) in [5.74, 6) is -1.98. The molecule has 0 saturated heterocycles. The number of anilines is 1. The number of aromatic amines is 1. The molecular formula is C8H9F3N4O. The number of rotatable bonds is 2. The number of nitrogens with zero attached hydrogens (tertiary/aromatic N) is 2. The number of H-pyrrole nitrogens is 1. The smallest absolute Gasteiger partial charge is 0.293 e. The summed E-state index contributed by atoms with van der Waals surface area (Å²) in [6.07, 6.45) is -2.07. The predicted molar refractivity (Wildman–Crippen MR) is 47.4 cm³/mol. The van der Waals surface area contributed by atoms with Crippen LogP contribution in [-0.2, 0) is 11.0 Å². The molecule has 0 aromatic carbocycles. The number of carbonyl (C=O) groups excluding carboxylic acids is 1. The Morgan fingerprint density at radius 2 is 2.12 bits per heavy atom. The third-order valence-electron chi connectivity index (χ3n) is 2.46. The number of hydrogen-bond acceptors (Lipinski definition) is 3. The fourth-order valence-electron chi connectivity index (χ4n) is 1.33. The Kier molecular flexibility index (Phi) is 2.56. The molecule has 1 amide bonds. The summed E-state index contributed by atoms with van der Waals surface area (Å²) in [6, 6.07) is 0. The van der Waals surface area contributed by atoms with Crippen molar-refractivity contribution in [1.82, 2.24) is 15.2 Å². The molecule has 0 unspecified atom stereocenters. The topological polar surface area (TPSA) is 70.7 Å². The zero-order chi connectivity index (χ0) is 11.8. The van der Waals surface area contributed by atoms with Crippen LogP contribution in [0.4, 0.5) is 19.1 Å². The summed E-state index contributed by atoms with van der Waals surface area (Å²) in [4.78, 5) is 14.5. The van der Waals surface area contributed by atoms with Crippen molar-refractivity contribution in [3.8, 4) is 0 Å². The number of carbonyl (C=O) groups is 1. The molecule has 1 aliphatic rings. The molecule has 1 saturated carbocycles. The van der Waals surface area contributed by atoms with Gasteiger partial charge in [-0.15, -0.1) is 5.10 Å². The maximum Gasteiger partial charge on any atom is 0.451 e. The van der Waals surface area contributed by atoms with Gasteiger partial charge in [-0.25, -0.2) is 0 Å². The fourth-order valence-corrected chi connectivity index (χ4v) is 1.33. The molecule has 0 spiro atoms. The van der Waals surface area contributed by atoms with Crippen molar-refractivity contribution in [1.29, 1.82) is 0 Å². The third kappa shape index (κ3) is 2.15.